The van der Waals surface area contributed by atoms with Gasteiger partial charge in [-0.25, -0.2) is 0 Å². The fourth-order valence-corrected chi connectivity index (χ4v) is 3.07. The van der Waals surface area contributed by atoms with Crippen molar-refractivity contribution in [3.05, 3.63) is 45.4 Å². The summed E-state index contributed by atoms with van der Waals surface area (Å²) in [6.07, 6.45) is 1.59. The van der Waals surface area contributed by atoms with Crippen molar-refractivity contribution in [2.45, 2.75) is 6.10 Å². The third-order valence-corrected chi connectivity index (χ3v) is 4.27. The van der Waals surface area contributed by atoms with E-state index in [2.05, 4.69) is 4.98 Å². The van der Waals surface area contributed by atoms with Gasteiger partial charge in [-0.1, -0.05) is 17.7 Å². The van der Waals surface area contributed by atoms with Crippen molar-refractivity contribution in [1.82, 2.24) is 9.88 Å². The van der Waals surface area contributed by atoms with Gasteiger partial charge < -0.3 is 14.6 Å². The normalized spacial score (nSPS) is 19.6. The standard InChI is InChI=1S/C13H13ClN2O2S/c14-9-6-10(15-7-9)13(17)16-3-4-18-11(8-16)12-2-1-5-19-12/h1-2,5-7,11,15H,3-4,8H2. The molecule has 0 saturated carbocycles. The number of hydrogen-bond acceptors (Lipinski definition) is 3. The van der Waals surface area contributed by atoms with Crippen molar-refractivity contribution in [1.29, 1.82) is 0 Å². The molecule has 100 valence electrons. The number of nitrogens with one attached hydrogen (secondary N) is 1. The molecule has 4 nitrogen and oxygen atoms in total. The maximum atomic E-state index is 12.3. The Kier molecular flexibility index (Phi) is 3.59. The van der Waals surface area contributed by atoms with Crippen LogP contribution in [0.15, 0.2) is 29.8 Å². The lowest BCUT2D eigenvalue weighted by Crippen LogP contribution is -2.42. The maximum absolute atomic E-state index is 12.3. The SMILES string of the molecule is O=C(c1cc(Cl)c[nH]1)N1CCOC(c2cccs2)C1. The highest BCUT2D eigenvalue weighted by Gasteiger charge is 2.27. The summed E-state index contributed by atoms with van der Waals surface area (Å²) < 4.78 is 5.72. The first kappa shape index (κ1) is 12.7. The lowest BCUT2D eigenvalue weighted by molar-refractivity contribution is -0.0213. The van der Waals surface area contributed by atoms with E-state index in [-0.39, 0.29) is 12.0 Å². The third-order valence-electron chi connectivity index (χ3n) is 3.09. The van der Waals surface area contributed by atoms with Gasteiger partial charge in [-0.15, -0.1) is 11.3 Å². The molecule has 3 heterocycles. The number of amides is 1. The molecule has 0 radical (unpaired) electrons. The molecule has 1 saturated heterocycles. The molecule has 2 aromatic heterocycles. The average Bonchev–Trinajstić information content (AvgIpc) is 3.09. The van der Waals surface area contributed by atoms with Gasteiger partial charge in [-0.2, -0.15) is 0 Å². The van der Waals surface area contributed by atoms with Gasteiger partial charge in [0.1, 0.15) is 11.8 Å². The zero-order valence-corrected chi connectivity index (χ0v) is 11.7. The summed E-state index contributed by atoms with van der Waals surface area (Å²) in [7, 11) is 0. The van der Waals surface area contributed by atoms with Crippen LogP contribution in [-0.4, -0.2) is 35.5 Å². The van der Waals surface area contributed by atoms with E-state index in [1.807, 2.05) is 17.5 Å². The number of morpholine rings is 1. The summed E-state index contributed by atoms with van der Waals surface area (Å²) in [5, 5.41) is 2.57. The summed E-state index contributed by atoms with van der Waals surface area (Å²) in [6, 6.07) is 5.68. The van der Waals surface area contributed by atoms with Crippen LogP contribution in [0, 0.1) is 0 Å². The van der Waals surface area contributed by atoms with Crippen molar-refractivity contribution in [2.24, 2.45) is 0 Å². The first-order valence-electron chi connectivity index (χ1n) is 6.02. The molecule has 2 aromatic rings. The monoisotopic (exact) mass is 296 g/mol. The maximum Gasteiger partial charge on any atom is 0.270 e. The second kappa shape index (κ2) is 5.36. The van der Waals surface area contributed by atoms with Crippen LogP contribution in [0.3, 0.4) is 0 Å². The summed E-state index contributed by atoms with van der Waals surface area (Å²) >= 11 is 7.48. The van der Waals surface area contributed by atoms with Crippen LogP contribution < -0.4 is 0 Å². The smallest absolute Gasteiger partial charge is 0.270 e. The number of rotatable bonds is 2. The molecule has 1 amide bonds. The molecule has 1 fully saturated rings. The lowest BCUT2D eigenvalue weighted by atomic mass is 10.2. The van der Waals surface area contributed by atoms with Crippen LogP contribution in [0.4, 0.5) is 0 Å². The molecule has 0 spiro atoms. The Balaban J connectivity index is 1.73. The largest absolute Gasteiger partial charge is 0.369 e. The summed E-state index contributed by atoms with van der Waals surface area (Å²) in [6.45, 7) is 1.75. The highest BCUT2D eigenvalue weighted by molar-refractivity contribution is 7.10. The highest BCUT2D eigenvalue weighted by Crippen LogP contribution is 2.26. The fraction of sp³-hybridized carbons (Fsp3) is 0.308. The number of aromatic nitrogens is 1. The van der Waals surface area contributed by atoms with Gasteiger partial charge in [0.2, 0.25) is 0 Å². The minimum Gasteiger partial charge on any atom is -0.369 e. The fourth-order valence-electron chi connectivity index (χ4n) is 2.14. The Hall–Kier alpha value is -1.30. The van der Waals surface area contributed by atoms with Gasteiger partial charge in [0.05, 0.1) is 18.2 Å². The van der Waals surface area contributed by atoms with E-state index < -0.39 is 0 Å². The van der Waals surface area contributed by atoms with Crippen molar-refractivity contribution in [2.75, 3.05) is 19.7 Å². The molecule has 1 aliphatic heterocycles. The first-order valence-corrected chi connectivity index (χ1v) is 7.28. The van der Waals surface area contributed by atoms with E-state index in [4.69, 9.17) is 16.3 Å². The Labute approximate surface area is 119 Å². The Morgan fingerprint density at radius 2 is 2.47 bits per heavy atom. The van der Waals surface area contributed by atoms with Gasteiger partial charge >= 0.3 is 0 Å². The average molecular weight is 297 g/mol. The zero-order chi connectivity index (χ0) is 13.2. The van der Waals surface area contributed by atoms with Gasteiger partial charge in [-0.3, -0.25) is 4.79 Å². The minimum absolute atomic E-state index is 0.0249. The summed E-state index contributed by atoms with van der Waals surface area (Å²) in [5.74, 6) is -0.0308. The molecule has 0 aliphatic carbocycles. The van der Waals surface area contributed by atoms with E-state index >= 15 is 0 Å². The molecule has 1 atom stereocenters. The van der Waals surface area contributed by atoms with Crippen LogP contribution in [0.25, 0.3) is 0 Å². The van der Waals surface area contributed by atoms with Crippen molar-refractivity contribution in [3.8, 4) is 0 Å². The van der Waals surface area contributed by atoms with Gasteiger partial charge in [0.15, 0.2) is 0 Å². The molecule has 1 aliphatic rings. The molecular weight excluding hydrogens is 284 g/mol. The zero-order valence-electron chi connectivity index (χ0n) is 10.1. The van der Waals surface area contributed by atoms with Crippen molar-refractivity contribution in [3.63, 3.8) is 0 Å². The van der Waals surface area contributed by atoms with Crippen LogP contribution in [0.2, 0.25) is 5.02 Å². The van der Waals surface area contributed by atoms with Gasteiger partial charge in [0, 0.05) is 17.6 Å². The van der Waals surface area contributed by atoms with E-state index in [1.54, 1.807) is 28.5 Å². The molecule has 1 unspecified atom stereocenters. The van der Waals surface area contributed by atoms with E-state index in [9.17, 15) is 4.79 Å². The molecule has 19 heavy (non-hydrogen) atoms. The Morgan fingerprint density at radius 1 is 1.58 bits per heavy atom. The number of halogens is 1. The Bertz CT molecular complexity index is 567. The van der Waals surface area contributed by atoms with E-state index in [0.29, 0.717) is 30.4 Å². The number of hydrogen-bond donors (Lipinski definition) is 1. The van der Waals surface area contributed by atoms with Crippen LogP contribution in [0.1, 0.15) is 21.5 Å². The molecule has 6 heteroatoms. The Morgan fingerprint density at radius 3 is 3.16 bits per heavy atom. The number of carbonyl (C=O) groups is 1. The molecule has 0 bridgehead atoms. The predicted octanol–water partition coefficient (Wildman–Crippen LogP) is 2.94. The first-order chi connectivity index (χ1) is 9.24. The second-order valence-corrected chi connectivity index (χ2v) is 5.77. The topological polar surface area (TPSA) is 45.3 Å². The second-order valence-electron chi connectivity index (χ2n) is 4.36. The van der Waals surface area contributed by atoms with Gasteiger partial charge in [-0.05, 0) is 17.5 Å². The molecule has 3 rings (SSSR count). The quantitative estimate of drug-likeness (QED) is 0.926. The minimum atomic E-state index is -0.0308. The van der Waals surface area contributed by atoms with Crippen LogP contribution in [0.5, 0.6) is 0 Å². The summed E-state index contributed by atoms with van der Waals surface area (Å²) in [5.41, 5.74) is 0.525. The third kappa shape index (κ3) is 2.68. The van der Waals surface area contributed by atoms with Crippen molar-refractivity contribution >= 4 is 28.8 Å². The van der Waals surface area contributed by atoms with E-state index in [1.165, 1.54) is 0 Å². The van der Waals surface area contributed by atoms with Crippen LogP contribution in [-0.2, 0) is 4.74 Å². The van der Waals surface area contributed by atoms with Gasteiger partial charge in [0.25, 0.3) is 5.91 Å². The summed E-state index contributed by atoms with van der Waals surface area (Å²) in [4.78, 5) is 18.2. The number of nitrogens with zero attached hydrogens (tertiary/aromatic N) is 1. The number of carbonyl (C=O) groups excluding carboxylic acids is 1. The van der Waals surface area contributed by atoms with Crippen molar-refractivity contribution < 1.29 is 9.53 Å². The molecule has 0 aromatic carbocycles. The number of H-pyrrole nitrogens is 1. The molecule has 1 N–H and O–H groups in total. The lowest BCUT2D eigenvalue weighted by Gasteiger charge is -2.32. The number of thiophene rings is 1. The predicted molar refractivity (Wildman–Crippen MR) is 74.7 cm³/mol. The molecular formula is C13H13ClN2O2S. The van der Waals surface area contributed by atoms with E-state index in [0.717, 1.165) is 4.88 Å². The van der Waals surface area contributed by atoms with Crippen LogP contribution >= 0.6 is 22.9 Å². The number of ether oxygens (including phenoxy) is 1. The number of aromatic amines is 1. The highest BCUT2D eigenvalue weighted by atomic mass is 35.5.